The van der Waals surface area contributed by atoms with Crippen molar-refractivity contribution in [1.82, 2.24) is 24.5 Å². The van der Waals surface area contributed by atoms with Crippen molar-refractivity contribution in [2.24, 2.45) is 5.92 Å². The molecule has 3 saturated carbocycles. The first kappa shape index (κ1) is 20.4. The van der Waals surface area contributed by atoms with Crippen molar-refractivity contribution in [3.63, 3.8) is 0 Å². The quantitative estimate of drug-likeness (QED) is 0.562. The molecule has 2 aliphatic heterocycles. The Hall–Kier alpha value is -1.97. The Morgan fingerprint density at radius 1 is 1.12 bits per heavy atom. The molecule has 33 heavy (non-hydrogen) atoms. The molecule has 10 heteroatoms. The molecule has 2 unspecified atom stereocenters. The third-order valence-corrected chi connectivity index (χ3v) is 10.5. The van der Waals surface area contributed by atoms with E-state index < -0.39 is 16.0 Å². The summed E-state index contributed by atoms with van der Waals surface area (Å²) in [5, 5.41) is 10.7. The summed E-state index contributed by atoms with van der Waals surface area (Å²) in [6.07, 6.45) is 8.88. The third kappa shape index (κ3) is 3.04. The highest BCUT2D eigenvalue weighted by Crippen LogP contribution is 2.62. The highest BCUT2D eigenvalue weighted by atomic mass is 35.5. The molecule has 0 amide bonds. The Bertz CT molecular complexity index is 1360. The molecule has 2 bridgehead atoms. The van der Waals surface area contributed by atoms with Gasteiger partial charge in [0.25, 0.3) is 0 Å². The van der Waals surface area contributed by atoms with E-state index in [9.17, 15) is 8.42 Å². The minimum Gasteiger partial charge on any atom is -0.295 e. The van der Waals surface area contributed by atoms with E-state index in [2.05, 4.69) is 21.1 Å². The average Bonchev–Trinajstić information content (AvgIpc) is 3.30. The Kier molecular flexibility index (Phi) is 4.20. The number of sulfone groups is 1. The Morgan fingerprint density at radius 3 is 2.58 bits per heavy atom. The smallest absolute Gasteiger partial charge is 0.153 e. The molecule has 0 N–H and O–H groups in total. The predicted molar refractivity (Wildman–Crippen MR) is 123 cm³/mol. The highest BCUT2D eigenvalue weighted by Gasteiger charge is 2.58. The highest BCUT2D eigenvalue weighted by molar-refractivity contribution is 7.92. The lowest BCUT2D eigenvalue weighted by Gasteiger charge is -2.61. The van der Waals surface area contributed by atoms with Gasteiger partial charge in [0.05, 0.1) is 41.2 Å². The van der Waals surface area contributed by atoms with Crippen LogP contribution in [0.1, 0.15) is 37.2 Å². The lowest BCUT2D eigenvalue weighted by molar-refractivity contribution is -0.0977. The number of benzene rings is 1. The minimum atomic E-state index is -2.92. The van der Waals surface area contributed by atoms with E-state index in [0.717, 1.165) is 28.1 Å². The van der Waals surface area contributed by atoms with Gasteiger partial charge in [0.1, 0.15) is 11.9 Å². The first-order chi connectivity index (χ1) is 15.8. The predicted octanol–water partition coefficient (Wildman–Crippen LogP) is 3.31. The van der Waals surface area contributed by atoms with Gasteiger partial charge in [-0.3, -0.25) is 9.58 Å². The molecule has 5 aliphatic rings. The Labute approximate surface area is 196 Å². The van der Waals surface area contributed by atoms with Crippen molar-refractivity contribution in [2.45, 2.75) is 49.4 Å². The summed E-state index contributed by atoms with van der Waals surface area (Å²) < 4.78 is 42.3. The molecule has 8 rings (SSSR count). The number of aromatic nitrogens is 4. The number of hydrogen-bond acceptors (Lipinski definition) is 5. The number of fused-ring (bicyclic) bond motifs is 1. The maximum Gasteiger partial charge on any atom is 0.153 e. The van der Waals surface area contributed by atoms with Crippen molar-refractivity contribution < 1.29 is 12.8 Å². The number of hydrogen-bond donors (Lipinski definition) is 0. The maximum atomic E-state index is 15.3. The van der Waals surface area contributed by atoms with E-state index in [4.69, 9.17) is 11.6 Å². The van der Waals surface area contributed by atoms with Crippen LogP contribution >= 0.6 is 11.6 Å². The van der Waals surface area contributed by atoms with Gasteiger partial charge in [0.2, 0.25) is 0 Å². The average molecular weight is 490 g/mol. The molecule has 0 radical (unpaired) electrons. The number of halogens is 2. The van der Waals surface area contributed by atoms with Crippen LogP contribution in [0.15, 0.2) is 30.7 Å². The molecular weight excluding hydrogens is 465 g/mol. The van der Waals surface area contributed by atoms with E-state index in [0.29, 0.717) is 18.0 Å². The van der Waals surface area contributed by atoms with Crippen LogP contribution in [-0.2, 0) is 15.4 Å². The van der Waals surface area contributed by atoms with E-state index in [1.807, 2.05) is 27.9 Å². The lowest BCUT2D eigenvalue weighted by Crippen LogP contribution is -2.59. The fourth-order valence-electron chi connectivity index (χ4n) is 6.31. The molecule has 2 atom stereocenters. The van der Waals surface area contributed by atoms with Gasteiger partial charge in [-0.25, -0.2) is 17.5 Å². The van der Waals surface area contributed by atoms with Crippen molar-refractivity contribution in [2.75, 3.05) is 24.6 Å². The van der Waals surface area contributed by atoms with Gasteiger partial charge >= 0.3 is 0 Å². The summed E-state index contributed by atoms with van der Waals surface area (Å²) in [6, 6.07) is 3.80. The number of piperidine rings is 1. The zero-order valence-electron chi connectivity index (χ0n) is 18.1. The zero-order valence-corrected chi connectivity index (χ0v) is 19.6. The van der Waals surface area contributed by atoms with Crippen molar-refractivity contribution in [3.05, 3.63) is 41.3 Å². The Balaban J connectivity index is 1.17. The van der Waals surface area contributed by atoms with Crippen LogP contribution in [-0.4, -0.2) is 69.7 Å². The fraction of sp³-hybridized carbons (Fsp3) is 0.565. The van der Waals surface area contributed by atoms with Gasteiger partial charge < -0.3 is 0 Å². The molecule has 174 valence electrons. The van der Waals surface area contributed by atoms with E-state index in [1.54, 1.807) is 6.20 Å². The van der Waals surface area contributed by atoms with Crippen molar-refractivity contribution in [3.8, 4) is 5.69 Å². The first-order valence-electron chi connectivity index (χ1n) is 11.6. The summed E-state index contributed by atoms with van der Waals surface area (Å²) >= 11 is 6.61. The number of rotatable bonds is 4. The van der Waals surface area contributed by atoms with Gasteiger partial charge in [0.15, 0.2) is 9.84 Å². The van der Waals surface area contributed by atoms with Crippen LogP contribution < -0.4 is 0 Å². The minimum absolute atomic E-state index is 0.0498. The van der Waals surface area contributed by atoms with Crippen LogP contribution in [0, 0.1) is 5.92 Å². The molecular formula is C23H25ClFN5O2S. The van der Waals surface area contributed by atoms with Gasteiger partial charge in [0, 0.05) is 28.9 Å². The Morgan fingerprint density at radius 2 is 1.91 bits per heavy atom. The first-order valence-corrected chi connectivity index (χ1v) is 13.8. The van der Waals surface area contributed by atoms with Gasteiger partial charge in [-0.2, -0.15) is 10.2 Å². The number of alkyl halides is 1. The van der Waals surface area contributed by atoms with Crippen LogP contribution in [0.2, 0.25) is 5.02 Å². The maximum absolute atomic E-state index is 15.3. The molecule has 3 aromatic rings. The summed E-state index contributed by atoms with van der Waals surface area (Å²) in [7, 11) is -2.92. The molecule has 2 aromatic heterocycles. The van der Waals surface area contributed by atoms with Crippen molar-refractivity contribution in [1.29, 1.82) is 0 Å². The molecule has 5 fully saturated rings. The van der Waals surface area contributed by atoms with Gasteiger partial charge in [-0.1, -0.05) is 11.6 Å². The molecule has 2 saturated heterocycles. The van der Waals surface area contributed by atoms with Crippen LogP contribution in [0.5, 0.6) is 0 Å². The van der Waals surface area contributed by atoms with Crippen LogP contribution in [0.3, 0.4) is 0 Å². The summed E-state index contributed by atoms with van der Waals surface area (Å²) in [5.74, 6) is 0.848. The molecule has 3 aliphatic carbocycles. The van der Waals surface area contributed by atoms with Crippen LogP contribution in [0.4, 0.5) is 4.39 Å². The molecule has 0 spiro atoms. The van der Waals surface area contributed by atoms with E-state index in [1.165, 1.54) is 19.3 Å². The molecule has 7 nitrogen and oxygen atoms in total. The normalized spacial score (nSPS) is 33.5. The van der Waals surface area contributed by atoms with E-state index >= 15 is 4.39 Å². The molecule has 1 aromatic carbocycles. The number of nitrogens with zero attached hydrogens (tertiary/aromatic N) is 5. The zero-order chi connectivity index (χ0) is 22.5. The van der Waals surface area contributed by atoms with Gasteiger partial charge in [-0.05, 0) is 55.8 Å². The van der Waals surface area contributed by atoms with Gasteiger partial charge in [-0.15, -0.1) is 0 Å². The number of likely N-dealkylation sites (tertiary alicyclic amines) is 1. The fourth-order valence-corrected chi connectivity index (χ4v) is 8.11. The second-order valence-corrected chi connectivity index (χ2v) is 13.0. The van der Waals surface area contributed by atoms with Crippen LogP contribution in [0.25, 0.3) is 16.6 Å². The summed E-state index contributed by atoms with van der Waals surface area (Å²) in [5.41, 5.74) is 2.81. The monoisotopic (exact) mass is 489 g/mol. The summed E-state index contributed by atoms with van der Waals surface area (Å²) in [6.45, 7) is 0.920. The SMILES string of the molecule is O=S1(=O)CC(N2CCC(c3cc4c(cnn4-c4cnn(C56CC(C5)C6)c4)cc3Cl)C(F)C2)C1. The second-order valence-electron chi connectivity index (χ2n) is 10.5. The second kappa shape index (κ2) is 6.79. The standard InChI is InChI=1S/C23H25ClFN5O2S/c24-20-3-15-8-27-30(16-9-26-29(10-16)23-5-14(6-23)7-23)22(15)4-19(20)18-1-2-28(11-21(18)25)17-12-33(31,32)13-17/h3-4,8-10,14,17-18,21H,1-2,5-7,11-13H2. The summed E-state index contributed by atoms with van der Waals surface area (Å²) in [4.78, 5) is 1.98. The van der Waals surface area contributed by atoms with E-state index in [-0.39, 0.29) is 35.5 Å². The topological polar surface area (TPSA) is 73.0 Å². The largest absolute Gasteiger partial charge is 0.295 e. The molecule has 4 heterocycles. The lowest BCUT2D eigenvalue weighted by atomic mass is 9.50. The van der Waals surface area contributed by atoms with Crippen molar-refractivity contribution >= 4 is 32.3 Å². The third-order valence-electron chi connectivity index (χ3n) is 8.37.